The Labute approximate surface area is 347 Å². The van der Waals surface area contributed by atoms with Crippen molar-refractivity contribution in [1.29, 1.82) is 0 Å². The Morgan fingerprint density at radius 2 is 1.60 bits per heavy atom. The molecule has 3 N–H and O–H groups in total. The summed E-state index contributed by atoms with van der Waals surface area (Å²) in [5.74, 6) is 5.10. The van der Waals surface area contributed by atoms with E-state index in [0.29, 0.717) is 17.8 Å². The minimum absolute atomic E-state index is 0.149. The highest BCUT2D eigenvalue weighted by atomic mass is 16.7. The first-order valence-corrected chi connectivity index (χ1v) is 23.4. The Morgan fingerprint density at radius 3 is 2.33 bits per heavy atom. The van der Waals surface area contributed by atoms with Gasteiger partial charge in [-0.1, -0.05) is 116 Å². The Kier molecular flexibility index (Phi) is 17.6. The normalized spacial score (nSPS) is 38.0. The third kappa shape index (κ3) is 11.5. The van der Waals surface area contributed by atoms with Gasteiger partial charge in [-0.15, -0.1) is 0 Å². The highest BCUT2D eigenvalue weighted by Gasteiger charge is 2.59. The number of rotatable bonds is 20. The maximum atomic E-state index is 12.6. The number of aliphatic hydroxyl groups is 3. The SMILES string of the molecule is CC/C=C\C/C=C\C/C=C\CCCCCC(=O)OCC1OC(OC2CCC3(C)C(=CCC4C3CCC3(C)C(C(C)CCC(C)C(C)C)CCC43)C2)C(O)C(O)C1O. The standard InChI is InChI=1S/C50H82O7/c1-8-9-10-11-12-13-14-15-16-17-18-19-20-21-44(51)55-33-43-45(52)46(53)47(54)48(57-43)56-38-28-30-49(6)37(32-38)24-25-39-41-27-26-40(50(41,7)31-29-42(39)49)36(5)23-22-35(4)34(2)3/h9-10,12-13,15-16,24,34-36,38-43,45-48,52-54H,8,11,14,17-23,25-33H2,1-7H3/b10-9-,13-12-,16-15-. The summed E-state index contributed by atoms with van der Waals surface area (Å²) in [5, 5.41) is 32.4. The zero-order valence-corrected chi connectivity index (χ0v) is 37.0. The summed E-state index contributed by atoms with van der Waals surface area (Å²) >= 11 is 0. The largest absolute Gasteiger partial charge is 0.463 e. The van der Waals surface area contributed by atoms with E-state index < -0.39 is 30.7 Å². The Balaban J connectivity index is 1.06. The maximum absolute atomic E-state index is 12.6. The van der Waals surface area contributed by atoms with Gasteiger partial charge in [0.05, 0.1) is 6.10 Å². The number of unbranched alkanes of at least 4 members (excludes halogenated alkanes) is 3. The first-order chi connectivity index (χ1) is 27.3. The van der Waals surface area contributed by atoms with Crippen LogP contribution in [0.15, 0.2) is 48.1 Å². The molecule has 0 aromatic carbocycles. The zero-order chi connectivity index (χ0) is 41.2. The molecule has 1 aliphatic heterocycles. The fourth-order valence-corrected chi connectivity index (χ4v) is 11.9. The predicted octanol–water partition coefficient (Wildman–Crippen LogP) is 10.8. The molecule has 0 bridgehead atoms. The van der Waals surface area contributed by atoms with Gasteiger partial charge in [0.2, 0.25) is 0 Å². The molecule has 0 spiro atoms. The quantitative estimate of drug-likeness (QED) is 0.0640. The maximum Gasteiger partial charge on any atom is 0.305 e. The van der Waals surface area contributed by atoms with Crippen LogP contribution in [0.1, 0.15) is 164 Å². The van der Waals surface area contributed by atoms with Crippen molar-refractivity contribution in [2.45, 2.75) is 201 Å². The molecule has 0 radical (unpaired) electrons. The van der Waals surface area contributed by atoms with Crippen LogP contribution < -0.4 is 0 Å². The number of hydrogen-bond donors (Lipinski definition) is 3. The third-order valence-electron chi connectivity index (χ3n) is 16.0. The second-order valence-electron chi connectivity index (χ2n) is 19.9. The Morgan fingerprint density at radius 1 is 0.860 bits per heavy atom. The van der Waals surface area contributed by atoms with E-state index in [2.05, 4.69) is 91.0 Å². The molecule has 1 heterocycles. The van der Waals surface area contributed by atoms with Crippen LogP contribution in [-0.4, -0.2) is 64.7 Å². The smallest absolute Gasteiger partial charge is 0.305 e. The molecule has 4 fully saturated rings. The summed E-state index contributed by atoms with van der Waals surface area (Å²) in [7, 11) is 0. The van der Waals surface area contributed by atoms with Crippen LogP contribution in [0.4, 0.5) is 0 Å². The first-order valence-electron chi connectivity index (χ1n) is 23.4. The second-order valence-corrected chi connectivity index (χ2v) is 19.9. The summed E-state index contributed by atoms with van der Waals surface area (Å²) in [6.07, 6.45) is 28.2. The molecular weight excluding hydrogens is 713 g/mol. The van der Waals surface area contributed by atoms with E-state index >= 15 is 0 Å². The van der Waals surface area contributed by atoms with Crippen molar-refractivity contribution < 1.29 is 34.3 Å². The molecule has 3 saturated carbocycles. The van der Waals surface area contributed by atoms with Gasteiger partial charge >= 0.3 is 5.97 Å². The van der Waals surface area contributed by atoms with Gasteiger partial charge in [-0.05, 0) is 142 Å². The number of aliphatic hydroxyl groups excluding tert-OH is 3. The number of hydrogen-bond acceptors (Lipinski definition) is 7. The molecule has 4 aliphatic carbocycles. The van der Waals surface area contributed by atoms with Gasteiger partial charge < -0.3 is 29.5 Å². The molecule has 7 nitrogen and oxygen atoms in total. The van der Waals surface area contributed by atoms with Gasteiger partial charge in [0.1, 0.15) is 31.0 Å². The molecule has 5 aliphatic rings. The van der Waals surface area contributed by atoms with Crippen molar-refractivity contribution in [3.05, 3.63) is 48.1 Å². The van der Waals surface area contributed by atoms with Gasteiger partial charge in [0, 0.05) is 6.42 Å². The molecule has 57 heavy (non-hydrogen) atoms. The zero-order valence-electron chi connectivity index (χ0n) is 37.0. The molecule has 1 saturated heterocycles. The molecule has 0 amide bonds. The highest BCUT2D eigenvalue weighted by Crippen LogP contribution is 2.67. The lowest BCUT2D eigenvalue weighted by Gasteiger charge is -2.58. The topological polar surface area (TPSA) is 105 Å². The van der Waals surface area contributed by atoms with Crippen LogP contribution in [-0.2, 0) is 19.0 Å². The van der Waals surface area contributed by atoms with Crippen LogP contribution in [0.3, 0.4) is 0 Å². The minimum atomic E-state index is -1.45. The van der Waals surface area contributed by atoms with Crippen LogP contribution in [0, 0.1) is 52.3 Å². The molecule has 324 valence electrons. The van der Waals surface area contributed by atoms with Crippen LogP contribution in [0.25, 0.3) is 0 Å². The lowest BCUT2D eigenvalue weighted by Crippen LogP contribution is -2.60. The van der Waals surface area contributed by atoms with Crippen molar-refractivity contribution in [2.24, 2.45) is 52.3 Å². The lowest BCUT2D eigenvalue weighted by molar-refractivity contribution is -0.313. The van der Waals surface area contributed by atoms with Crippen molar-refractivity contribution >= 4 is 5.97 Å². The molecule has 14 unspecified atom stereocenters. The van der Waals surface area contributed by atoms with Crippen molar-refractivity contribution in [2.75, 3.05) is 6.61 Å². The molecule has 5 rings (SSSR count). The second kappa shape index (κ2) is 21.7. The third-order valence-corrected chi connectivity index (χ3v) is 16.0. The Hall–Kier alpha value is -1.77. The molecular formula is C50H82O7. The van der Waals surface area contributed by atoms with E-state index in [1.165, 1.54) is 44.1 Å². The van der Waals surface area contributed by atoms with Gasteiger partial charge in [-0.25, -0.2) is 0 Å². The van der Waals surface area contributed by atoms with Crippen molar-refractivity contribution in [3.8, 4) is 0 Å². The molecule has 14 atom stereocenters. The van der Waals surface area contributed by atoms with Gasteiger partial charge in [-0.2, -0.15) is 0 Å². The lowest BCUT2D eigenvalue weighted by atomic mass is 9.47. The number of allylic oxidation sites excluding steroid dienone is 7. The molecule has 0 aromatic heterocycles. The van der Waals surface area contributed by atoms with E-state index in [-0.39, 0.29) is 24.1 Å². The average Bonchev–Trinajstić information content (AvgIpc) is 3.55. The summed E-state index contributed by atoms with van der Waals surface area (Å²) in [5.41, 5.74) is 2.11. The van der Waals surface area contributed by atoms with E-state index in [0.717, 1.165) is 106 Å². The first kappa shape index (κ1) is 46.3. The minimum Gasteiger partial charge on any atom is -0.463 e. The number of carbonyl (C=O) groups is 1. The van der Waals surface area contributed by atoms with Crippen molar-refractivity contribution in [1.82, 2.24) is 0 Å². The van der Waals surface area contributed by atoms with Gasteiger partial charge in [0.15, 0.2) is 6.29 Å². The van der Waals surface area contributed by atoms with E-state index in [4.69, 9.17) is 14.2 Å². The van der Waals surface area contributed by atoms with E-state index in [1.807, 2.05) is 0 Å². The van der Waals surface area contributed by atoms with Gasteiger partial charge in [-0.3, -0.25) is 4.79 Å². The monoisotopic (exact) mass is 795 g/mol. The number of carbonyl (C=O) groups excluding carboxylic acids is 1. The summed E-state index contributed by atoms with van der Waals surface area (Å²) in [6.45, 7) is 16.8. The average molecular weight is 795 g/mol. The van der Waals surface area contributed by atoms with E-state index in [1.54, 1.807) is 0 Å². The van der Waals surface area contributed by atoms with E-state index in [9.17, 15) is 20.1 Å². The summed E-state index contributed by atoms with van der Waals surface area (Å²) < 4.78 is 18.0. The fraction of sp³-hybridized carbons (Fsp3) is 0.820. The van der Waals surface area contributed by atoms with Gasteiger partial charge in [0.25, 0.3) is 0 Å². The Bertz CT molecular complexity index is 1370. The number of esters is 1. The van der Waals surface area contributed by atoms with Crippen LogP contribution in [0.2, 0.25) is 0 Å². The van der Waals surface area contributed by atoms with Crippen molar-refractivity contribution in [3.63, 3.8) is 0 Å². The predicted molar refractivity (Wildman–Crippen MR) is 230 cm³/mol. The number of ether oxygens (including phenoxy) is 3. The summed E-state index contributed by atoms with van der Waals surface area (Å²) in [6, 6.07) is 0. The van der Waals surface area contributed by atoms with Crippen LogP contribution in [0.5, 0.6) is 0 Å². The summed E-state index contributed by atoms with van der Waals surface area (Å²) in [4.78, 5) is 12.6. The number of fused-ring (bicyclic) bond motifs is 5. The highest BCUT2D eigenvalue weighted by molar-refractivity contribution is 5.69. The molecule has 0 aromatic rings. The van der Waals surface area contributed by atoms with Crippen LogP contribution >= 0.6 is 0 Å². The fourth-order valence-electron chi connectivity index (χ4n) is 11.9. The molecule has 7 heteroatoms.